The lowest BCUT2D eigenvalue weighted by Gasteiger charge is -2.24. The zero-order chi connectivity index (χ0) is 18.5. The Labute approximate surface area is 155 Å². The zero-order valence-electron chi connectivity index (χ0n) is 15.9. The van der Waals surface area contributed by atoms with Crippen LogP contribution in [0.4, 0.5) is 5.82 Å². The van der Waals surface area contributed by atoms with E-state index in [1.165, 1.54) is 0 Å². The number of nitrogens with zero attached hydrogens (tertiary/aromatic N) is 5. The molecule has 0 aliphatic carbocycles. The topological polar surface area (TPSA) is 66.3 Å². The van der Waals surface area contributed by atoms with Crippen LogP contribution in [-0.4, -0.2) is 58.6 Å². The first kappa shape index (κ1) is 18.4. The third-order valence-corrected chi connectivity index (χ3v) is 5.00. The lowest BCUT2D eigenvalue weighted by atomic mass is 10.2. The van der Waals surface area contributed by atoms with Crippen LogP contribution in [-0.2, 0) is 11.3 Å². The van der Waals surface area contributed by atoms with Gasteiger partial charge >= 0.3 is 0 Å². The van der Waals surface area contributed by atoms with Crippen molar-refractivity contribution in [3.05, 3.63) is 42.1 Å². The van der Waals surface area contributed by atoms with Crippen molar-refractivity contribution in [1.82, 2.24) is 24.8 Å². The summed E-state index contributed by atoms with van der Waals surface area (Å²) in [4.78, 5) is 26.0. The Morgan fingerprint density at radius 1 is 1.23 bits per heavy atom. The summed E-state index contributed by atoms with van der Waals surface area (Å²) in [6.45, 7) is 8.35. The van der Waals surface area contributed by atoms with E-state index >= 15 is 0 Å². The van der Waals surface area contributed by atoms with Crippen molar-refractivity contribution in [3.8, 4) is 0 Å². The standard InChI is InChI=1S/C19H28N6O/c1-15(25-11-8-20-16(25)2)19(26)22-14-17-6-4-7-21-18(17)24-10-5-9-23(3)12-13-24/h4,6-8,11,15H,5,9-10,12-14H2,1-3H3,(H,22,26)/t15-/m1/s1. The van der Waals surface area contributed by atoms with Crippen LogP contribution in [0.3, 0.4) is 0 Å². The number of hydrogen-bond donors (Lipinski definition) is 1. The second-order valence-electron chi connectivity index (χ2n) is 6.91. The molecule has 0 saturated carbocycles. The van der Waals surface area contributed by atoms with Crippen molar-refractivity contribution < 1.29 is 4.79 Å². The Morgan fingerprint density at radius 2 is 2.08 bits per heavy atom. The Hall–Kier alpha value is -2.41. The number of likely N-dealkylation sites (N-methyl/N-ethyl adjacent to an activating group) is 1. The fraction of sp³-hybridized carbons (Fsp3) is 0.526. The molecule has 26 heavy (non-hydrogen) atoms. The van der Waals surface area contributed by atoms with Crippen molar-refractivity contribution in [2.75, 3.05) is 38.1 Å². The second kappa shape index (κ2) is 8.31. The average Bonchev–Trinajstić information content (AvgIpc) is 2.96. The number of aromatic nitrogens is 3. The molecule has 1 N–H and O–H groups in total. The Bertz CT molecular complexity index is 743. The van der Waals surface area contributed by atoms with E-state index in [0.29, 0.717) is 6.54 Å². The SMILES string of the molecule is Cc1nccn1[C@H](C)C(=O)NCc1cccnc1N1CCCN(C)CC1. The first-order valence-electron chi connectivity index (χ1n) is 9.21. The van der Waals surface area contributed by atoms with E-state index in [9.17, 15) is 4.79 Å². The fourth-order valence-corrected chi connectivity index (χ4v) is 3.36. The smallest absolute Gasteiger partial charge is 0.243 e. The highest BCUT2D eigenvalue weighted by molar-refractivity contribution is 5.80. The molecule has 7 nitrogen and oxygen atoms in total. The van der Waals surface area contributed by atoms with E-state index in [1.54, 1.807) is 6.20 Å². The van der Waals surface area contributed by atoms with Crippen molar-refractivity contribution in [1.29, 1.82) is 0 Å². The van der Waals surface area contributed by atoms with Crippen molar-refractivity contribution in [3.63, 3.8) is 0 Å². The molecule has 0 spiro atoms. The van der Waals surface area contributed by atoms with E-state index in [-0.39, 0.29) is 11.9 Å². The van der Waals surface area contributed by atoms with Gasteiger partial charge < -0.3 is 19.7 Å². The minimum Gasteiger partial charge on any atom is -0.355 e. The molecule has 2 aromatic heterocycles. The normalized spacial score (nSPS) is 17.0. The molecule has 0 radical (unpaired) electrons. The molecule has 0 bridgehead atoms. The van der Waals surface area contributed by atoms with Gasteiger partial charge in [-0.1, -0.05) is 6.07 Å². The highest BCUT2D eigenvalue weighted by Gasteiger charge is 2.19. The van der Waals surface area contributed by atoms with E-state index < -0.39 is 0 Å². The summed E-state index contributed by atoms with van der Waals surface area (Å²) < 4.78 is 1.88. The summed E-state index contributed by atoms with van der Waals surface area (Å²) in [7, 11) is 2.16. The van der Waals surface area contributed by atoms with Crippen molar-refractivity contribution in [2.24, 2.45) is 0 Å². The van der Waals surface area contributed by atoms with Gasteiger partial charge in [-0.2, -0.15) is 0 Å². The third kappa shape index (κ3) is 4.22. The van der Waals surface area contributed by atoms with Crippen molar-refractivity contribution >= 4 is 11.7 Å². The summed E-state index contributed by atoms with van der Waals surface area (Å²) in [6.07, 6.45) is 6.50. The molecule has 1 atom stereocenters. The average molecular weight is 356 g/mol. The molecule has 140 valence electrons. The quantitative estimate of drug-likeness (QED) is 0.882. The van der Waals surface area contributed by atoms with Gasteiger partial charge in [-0.25, -0.2) is 9.97 Å². The Kier molecular flexibility index (Phi) is 5.88. The lowest BCUT2D eigenvalue weighted by molar-refractivity contribution is -0.124. The minimum absolute atomic E-state index is 0.0171. The predicted octanol–water partition coefficient (Wildman–Crippen LogP) is 1.61. The van der Waals surface area contributed by atoms with E-state index in [0.717, 1.165) is 49.8 Å². The van der Waals surface area contributed by atoms with Gasteiger partial charge in [-0.05, 0) is 39.9 Å². The summed E-state index contributed by atoms with van der Waals surface area (Å²) in [5.41, 5.74) is 1.06. The molecule has 3 rings (SSSR count). The number of imidazole rings is 1. The number of carbonyl (C=O) groups is 1. The van der Waals surface area contributed by atoms with Gasteiger partial charge in [0.05, 0.1) is 0 Å². The van der Waals surface area contributed by atoms with Gasteiger partial charge in [-0.3, -0.25) is 4.79 Å². The molecule has 1 aliphatic rings. The van der Waals surface area contributed by atoms with Crippen LogP contribution in [0.2, 0.25) is 0 Å². The molecule has 0 unspecified atom stereocenters. The van der Waals surface area contributed by atoms with Crippen LogP contribution in [0.1, 0.15) is 30.8 Å². The Morgan fingerprint density at radius 3 is 2.85 bits per heavy atom. The number of amides is 1. The molecule has 1 fully saturated rings. The first-order valence-corrected chi connectivity index (χ1v) is 9.21. The lowest BCUT2D eigenvalue weighted by Crippen LogP contribution is -2.33. The summed E-state index contributed by atoms with van der Waals surface area (Å²) in [5.74, 6) is 1.80. The number of anilines is 1. The number of rotatable bonds is 5. The highest BCUT2D eigenvalue weighted by atomic mass is 16.2. The van der Waals surface area contributed by atoms with Crippen LogP contribution in [0.15, 0.2) is 30.7 Å². The number of hydrogen-bond acceptors (Lipinski definition) is 5. The molecule has 3 heterocycles. The second-order valence-corrected chi connectivity index (χ2v) is 6.91. The molecule has 1 amide bonds. The number of carbonyl (C=O) groups excluding carboxylic acids is 1. The van der Waals surface area contributed by atoms with Gasteiger partial charge in [0.15, 0.2) is 0 Å². The van der Waals surface area contributed by atoms with E-state index in [2.05, 4.69) is 32.1 Å². The van der Waals surface area contributed by atoms with Gasteiger partial charge in [0, 0.05) is 50.3 Å². The fourth-order valence-electron chi connectivity index (χ4n) is 3.36. The van der Waals surface area contributed by atoms with Crippen molar-refractivity contribution in [2.45, 2.75) is 32.9 Å². The monoisotopic (exact) mass is 356 g/mol. The van der Waals surface area contributed by atoms with Gasteiger partial charge in [0.25, 0.3) is 0 Å². The zero-order valence-corrected chi connectivity index (χ0v) is 15.9. The maximum absolute atomic E-state index is 12.6. The summed E-state index contributed by atoms with van der Waals surface area (Å²) >= 11 is 0. The molecular weight excluding hydrogens is 328 g/mol. The van der Waals surface area contributed by atoms with Crippen LogP contribution >= 0.6 is 0 Å². The molecule has 1 aliphatic heterocycles. The minimum atomic E-state index is -0.288. The van der Waals surface area contributed by atoms with Gasteiger partial charge in [-0.15, -0.1) is 0 Å². The molecule has 1 saturated heterocycles. The van der Waals surface area contributed by atoms with E-state index in [4.69, 9.17) is 0 Å². The third-order valence-electron chi connectivity index (χ3n) is 5.00. The van der Waals surface area contributed by atoms with Crippen LogP contribution < -0.4 is 10.2 Å². The molecular formula is C19H28N6O. The Balaban J connectivity index is 1.67. The summed E-state index contributed by atoms with van der Waals surface area (Å²) in [6, 6.07) is 3.69. The summed E-state index contributed by atoms with van der Waals surface area (Å²) in [5, 5.41) is 3.05. The van der Waals surface area contributed by atoms with E-state index in [1.807, 2.05) is 42.9 Å². The molecule has 7 heteroatoms. The van der Waals surface area contributed by atoms with Gasteiger partial charge in [0.2, 0.25) is 5.91 Å². The molecule has 0 aromatic carbocycles. The van der Waals surface area contributed by atoms with Crippen LogP contribution in [0, 0.1) is 6.92 Å². The largest absolute Gasteiger partial charge is 0.355 e. The van der Waals surface area contributed by atoms with Crippen LogP contribution in [0.5, 0.6) is 0 Å². The number of aryl methyl sites for hydroxylation is 1. The van der Waals surface area contributed by atoms with Crippen LogP contribution in [0.25, 0.3) is 0 Å². The predicted molar refractivity (Wildman–Crippen MR) is 102 cm³/mol. The highest BCUT2D eigenvalue weighted by Crippen LogP contribution is 2.19. The molecule has 2 aromatic rings. The first-order chi connectivity index (χ1) is 12.6. The number of nitrogens with one attached hydrogen (secondary N) is 1. The maximum atomic E-state index is 12.6. The number of pyridine rings is 1. The van der Waals surface area contributed by atoms with Gasteiger partial charge in [0.1, 0.15) is 17.7 Å². The maximum Gasteiger partial charge on any atom is 0.243 e.